The summed E-state index contributed by atoms with van der Waals surface area (Å²) in [6, 6.07) is 8.97. The molecular formula is C19H22N2O3. The highest BCUT2D eigenvalue weighted by molar-refractivity contribution is 6.09. The summed E-state index contributed by atoms with van der Waals surface area (Å²) in [7, 11) is 0. The fourth-order valence-corrected chi connectivity index (χ4v) is 3.72. The molecule has 2 aliphatic rings. The highest BCUT2D eigenvalue weighted by Crippen LogP contribution is 2.42. The van der Waals surface area contributed by atoms with Crippen molar-refractivity contribution in [2.75, 3.05) is 5.32 Å². The Labute approximate surface area is 141 Å². The first-order valence-corrected chi connectivity index (χ1v) is 8.33. The molecule has 0 aromatic heterocycles. The van der Waals surface area contributed by atoms with Crippen LogP contribution in [-0.2, 0) is 14.4 Å². The van der Waals surface area contributed by atoms with Gasteiger partial charge in [0.2, 0.25) is 17.7 Å². The van der Waals surface area contributed by atoms with E-state index >= 15 is 0 Å². The number of nitrogens with zero attached hydrogens (tertiary/aromatic N) is 1. The lowest BCUT2D eigenvalue weighted by Gasteiger charge is -2.30. The SMILES string of the molecule is CC(C)N1C(=O)[C@H]2[C@H](C(=O)Nc3ccccc3)[C@H](C)C=C[C@@H]2C1=O. The van der Waals surface area contributed by atoms with Crippen molar-refractivity contribution in [1.82, 2.24) is 4.90 Å². The number of fused-ring (bicyclic) bond motifs is 1. The number of carbonyl (C=O) groups is 3. The minimum absolute atomic E-state index is 0.0983. The van der Waals surface area contributed by atoms with Crippen molar-refractivity contribution in [2.45, 2.75) is 26.8 Å². The summed E-state index contributed by atoms with van der Waals surface area (Å²) in [5.74, 6) is -2.41. The van der Waals surface area contributed by atoms with E-state index in [1.165, 1.54) is 4.90 Å². The van der Waals surface area contributed by atoms with Crippen molar-refractivity contribution in [3.8, 4) is 0 Å². The average Bonchev–Trinajstić information content (AvgIpc) is 2.79. The minimum Gasteiger partial charge on any atom is -0.326 e. The van der Waals surface area contributed by atoms with E-state index in [-0.39, 0.29) is 29.7 Å². The van der Waals surface area contributed by atoms with Crippen LogP contribution >= 0.6 is 0 Å². The average molecular weight is 326 g/mol. The first-order valence-electron chi connectivity index (χ1n) is 8.33. The van der Waals surface area contributed by atoms with E-state index in [9.17, 15) is 14.4 Å². The molecule has 126 valence electrons. The zero-order chi connectivity index (χ0) is 17.4. The van der Waals surface area contributed by atoms with E-state index in [4.69, 9.17) is 0 Å². The van der Waals surface area contributed by atoms with Gasteiger partial charge in [0.25, 0.3) is 0 Å². The van der Waals surface area contributed by atoms with Crippen LogP contribution in [0, 0.1) is 23.7 Å². The maximum atomic E-state index is 12.8. The molecule has 0 bridgehead atoms. The zero-order valence-corrected chi connectivity index (χ0v) is 14.1. The molecule has 0 unspecified atom stereocenters. The van der Waals surface area contributed by atoms with Gasteiger partial charge in [-0.1, -0.05) is 37.3 Å². The predicted molar refractivity (Wildman–Crippen MR) is 90.8 cm³/mol. The number of likely N-dealkylation sites (tertiary alicyclic amines) is 1. The molecule has 0 radical (unpaired) electrons. The van der Waals surface area contributed by atoms with Crippen molar-refractivity contribution < 1.29 is 14.4 Å². The molecule has 4 atom stereocenters. The van der Waals surface area contributed by atoms with Gasteiger partial charge >= 0.3 is 0 Å². The largest absolute Gasteiger partial charge is 0.326 e. The summed E-state index contributed by atoms with van der Waals surface area (Å²) in [5, 5.41) is 2.88. The molecule has 0 spiro atoms. The van der Waals surface area contributed by atoms with Gasteiger partial charge < -0.3 is 5.32 Å². The lowest BCUT2D eigenvalue weighted by molar-refractivity contribution is -0.143. The number of nitrogens with one attached hydrogen (secondary N) is 1. The van der Waals surface area contributed by atoms with Crippen LogP contribution < -0.4 is 5.32 Å². The Morgan fingerprint density at radius 2 is 1.75 bits per heavy atom. The Kier molecular flexibility index (Phi) is 4.26. The van der Waals surface area contributed by atoms with Gasteiger partial charge in [0, 0.05) is 11.7 Å². The molecule has 1 aromatic rings. The number of para-hydroxylation sites is 1. The van der Waals surface area contributed by atoms with Crippen molar-refractivity contribution in [1.29, 1.82) is 0 Å². The second-order valence-electron chi connectivity index (χ2n) is 6.82. The fraction of sp³-hybridized carbons (Fsp3) is 0.421. The Hall–Kier alpha value is -2.43. The van der Waals surface area contributed by atoms with Gasteiger partial charge in [-0.3, -0.25) is 19.3 Å². The summed E-state index contributed by atoms with van der Waals surface area (Å²) < 4.78 is 0. The number of amides is 3. The molecule has 1 aromatic carbocycles. The summed E-state index contributed by atoms with van der Waals surface area (Å²) in [4.78, 5) is 39.5. The van der Waals surface area contributed by atoms with E-state index in [2.05, 4.69) is 5.32 Å². The van der Waals surface area contributed by atoms with Crippen LogP contribution in [0.1, 0.15) is 20.8 Å². The molecule has 24 heavy (non-hydrogen) atoms. The van der Waals surface area contributed by atoms with Gasteiger partial charge in [-0.05, 0) is 31.9 Å². The van der Waals surface area contributed by atoms with Crippen LogP contribution in [0.15, 0.2) is 42.5 Å². The van der Waals surface area contributed by atoms with E-state index in [1.54, 1.807) is 18.2 Å². The molecule has 3 rings (SSSR count). The maximum Gasteiger partial charge on any atom is 0.237 e. The number of rotatable bonds is 3. The topological polar surface area (TPSA) is 66.5 Å². The molecule has 5 heteroatoms. The van der Waals surface area contributed by atoms with Crippen LogP contribution in [0.5, 0.6) is 0 Å². The van der Waals surface area contributed by atoms with Crippen LogP contribution in [0.2, 0.25) is 0 Å². The molecule has 1 N–H and O–H groups in total. The van der Waals surface area contributed by atoms with Crippen molar-refractivity contribution >= 4 is 23.4 Å². The lowest BCUT2D eigenvalue weighted by Crippen LogP contribution is -2.42. The molecule has 1 aliphatic heterocycles. The first-order chi connectivity index (χ1) is 11.4. The lowest BCUT2D eigenvalue weighted by atomic mass is 9.71. The fourth-order valence-electron chi connectivity index (χ4n) is 3.72. The highest BCUT2D eigenvalue weighted by Gasteiger charge is 2.54. The van der Waals surface area contributed by atoms with Gasteiger partial charge in [-0.15, -0.1) is 0 Å². The maximum absolute atomic E-state index is 12.8. The van der Waals surface area contributed by atoms with Crippen molar-refractivity contribution in [2.24, 2.45) is 23.7 Å². The Balaban J connectivity index is 1.90. The highest BCUT2D eigenvalue weighted by atomic mass is 16.2. The number of allylic oxidation sites excluding steroid dienone is 1. The Morgan fingerprint density at radius 1 is 1.08 bits per heavy atom. The number of imide groups is 1. The van der Waals surface area contributed by atoms with Gasteiger partial charge in [0.15, 0.2) is 0 Å². The quantitative estimate of drug-likeness (QED) is 0.685. The molecule has 1 saturated heterocycles. The van der Waals surface area contributed by atoms with E-state index in [0.29, 0.717) is 5.69 Å². The number of hydrogen-bond donors (Lipinski definition) is 1. The van der Waals surface area contributed by atoms with Crippen LogP contribution in [0.25, 0.3) is 0 Å². The van der Waals surface area contributed by atoms with Crippen molar-refractivity contribution in [3.63, 3.8) is 0 Å². The van der Waals surface area contributed by atoms with E-state index in [1.807, 2.05) is 45.0 Å². The molecule has 3 amide bonds. The Morgan fingerprint density at radius 3 is 2.38 bits per heavy atom. The standard InChI is InChI=1S/C19H22N2O3/c1-11(2)21-18(23)14-10-9-12(3)15(16(14)19(21)24)17(22)20-13-7-5-4-6-8-13/h4-12,14-16H,1-3H3,(H,20,22)/t12-,14+,15-,16-/m1/s1. The Bertz CT molecular complexity index is 696. The van der Waals surface area contributed by atoms with Gasteiger partial charge in [-0.25, -0.2) is 0 Å². The monoisotopic (exact) mass is 326 g/mol. The molecule has 1 heterocycles. The third-order valence-electron chi connectivity index (χ3n) is 4.87. The third kappa shape index (κ3) is 2.64. The summed E-state index contributed by atoms with van der Waals surface area (Å²) in [6.07, 6.45) is 3.68. The summed E-state index contributed by atoms with van der Waals surface area (Å²) >= 11 is 0. The number of benzene rings is 1. The third-order valence-corrected chi connectivity index (χ3v) is 4.87. The molecule has 5 nitrogen and oxygen atoms in total. The van der Waals surface area contributed by atoms with Crippen LogP contribution in [0.3, 0.4) is 0 Å². The number of carbonyl (C=O) groups excluding carboxylic acids is 3. The summed E-state index contributed by atoms with van der Waals surface area (Å²) in [6.45, 7) is 5.55. The molecule has 1 fully saturated rings. The van der Waals surface area contributed by atoms with Gasteiger partial charge in [-0.2, -0.15) is 0 Å². The van der Waals surface area contributed by atoms with Crippen molar-refractivity contribution in [3.05, 3.63) is 42.5 Å². The van der Waals surface area contributed by atoms with E-state index in [0.717, 1.165) is 0 Å². The predicted octanol–water partition coefficient (Wildman–Crippen LogP) is 2.46. The first kappa shape index (κ1) is 16.4. The summed E-state index contributed by atoms with van der Waals surface area (Å²) in [5.41, 5.74) is 0.693. The molecule has 1 aliphatic carbocycles. The van der Waals surface area contributed by atoms with Crippen LogP contribution in [0.4, 0.5) is 5.69 Å². The molecule has 0 saturated carbocycles. The number of anilines is 1. The second kappa shape index (κ2) is 6.23. The van der Waals surface area contributed by atoms with Crippen LogP contribution in [-0.4, -0.2) is 28.7 Å². The second-order valence-corrected chi connectivity index (χ2v) is 6.82. The van der Waals surface area contributed by atoms with Gasteiger partial charge in [0.1, 0.15) is 0 Å². The van der Waals surface area contributed by atoms with E-state index < -0.39 is 17.8 Å². The molecular weight excluding hydrogens is 304 g/mol. The smallest absolute Gasteiger partial charge is 0.237 e. The number of hydrogen-bond acceptors (Lipinski definition) is 3. The van der Waals surface area contributed by atoms with Gasteiger partial charge in [0.05, 0.1) is 17.8 Å². The minimum atomic E-state index is -0.608. The normalized spacial score (nSPS) is 29.1. The zero-order valence-electron chi connectivity index (χ0n) is 14.1.